The molecule has 0 spiro atoms. The van der Waals surface area contributed by atoms with Crippen molar-refractivity contribution >= 4 is 23.7 Å². The second kappa shape index (κ2) is 9.77. The van der Waals surface area contributed by atoms with Crippen molar-refractivity contribution in [2.75, 3.05) is 62.2 Å². The van der Waals surface area contributed by atoms with E-state index in [4.69, 9.17) is 0 Å². The van der Waals surface area contributed by atoms with Gasteiger partial charge >= 0.3 is 0 Å². The van der Waals surface area contributed by atoms with Crippen molar-refractivity contribution in [3.8, 4) is 0 Å². The number of hydrogen-bond donors (Lipinski definition) is 0. The van der Waals surface area contributed by atoms with Gasteiger partial charge in [-0.3, -0.25) is 9.59 Å². The SMILES string of the molecule is O=C(c1cccc(C(=O)N2CCN(c3ncccn3)CC2)n1)N1CCN(c2ncccn2)CC1. The number of piperazine rings is 2. The van der Waals surface area contributed by atoms with E-state index < -0.39 is 0 Å². The molecule has 0 saturated carbocycles. The standard InChI is InChI=1S/C23H25N9O2/c33-20(29-10-14-31(15-11-29)22-24-6-2-7-25-22)18-4-1-5-19(28-18)21(34)30-12-16-32(17-13-30)23-26-8-3-9-27-23/h1-9H,10-17H2. The zero-order valence-corrected chi connectivity index (χ0v) is 18.7. The molecule has 2 saturated heterocycles. The van der Waals surface area contributed by atoms with Crippen molar-refractivity contribution in [1.82, 2.24) is 34.7 Å². The van der Waals surface area contributed by atoms with Crippen molar-refractivity contribution in [1.29, 1.82) is 0 Å². The van der Waals surface area contributed by atoms with Crippen LogP contribution in [0.15, 0.2) is 55.1 Å². The topological polar surface area (TPSA) is 112 Å². The number of aromatic nitrogens is 5. The van der Waals surface area contributed by atoms with Crippen LogP contribution in [-0.2, 0) is 0 Å². The molecule has 174 valence electrons. The number of anilines is 2. The van der Waals surface area contributed by atoms with E-state index in [0.29, 0.717) is 64.3 Å². The highest BCUT2D eigenvalue weighted by Gasteiger charge is 2.27. The number of carbonyl (C=O) groups excluding carboxylic acids is 2. The normalized spacial score (nSPS) is 16.5. The van der Waals surface area contributed by atoms with Crippen LogP contribution < -0.4 is 9.80 Å². The second-order valence-corrected chi connectivity index (χ2v) is 8.06. The molecule has 11 nitrogen and oxygen atoms in total. The minimum Gasteiger partial charge on any atom is -0.337 e. The summed E-state index contributed by atoms with van der Waals surface area (Å²) >= 11 is 0. The van der Waals surface area contributed by atoms with E-state index in [2.05, 4.69) is 34.7 Å². The number of nitrogens with zero attached hydrogens (tertiary/aromatic N) is 9. The summed E-state index contributed by atoms with van der Waals surface area (Å²) in [6.45, 7) is 4.74. The van der Waals surface area contributed by atoms with Gasteiger partial charge in [-0.05, 0) is 24.3 Å². The summed E-state index contributed by atoms with van der Waals surface area (Å²) in [5, 5.41) is 0. The van der Waals surface area contributed by atoms with Crippen LogP contribution >= 0.6 is 0 Å². The Morgan fingerprint density at radius 2 is 0.941 bits per heavy atom. The van der Waals surface area contributed by atoms with Crippen molar-refractivity contribution < 1.29 is 9.59 Å². The molecule has 0 aromatic carbocycles. The smallest absolute Gasteiger partial charge is 0.272 e. The van der Waals surface area contributed by atoms with Gasteiger partial charge in [0, 0.05) is 77.1 Å². The number of carbonyl (C=O) groups is 2. The molecule has 0 aliphatic carbocycles. The molecule has 2 fully saturated rings. The lowest BCUT2D eigenvalue weighted by Crippen LogP contribution is -2.50. The predicted octanol–water partition coefficient (Wildman–Crippen LogP) is 0.586. The lowest BCUT2D eigenvalue weighted by molar-refractivity contribution is 0.0732. The highest BCUT2D eigenvalue weighted by atomic mass is 16.2. The van der Waals surface area contributed by atoms with E-state index >= 15 is 0 Å². The van der Waals surface area contributed by atoms with Crippen LogP contribution in [0.1, 0.15) is 21.0 Å². The minimum absolute atomic E-state index is 0.172. The van der Waals surface area contributed by atoms with Crippen molar-refractivity contribution in [2.24, 2.45) is 0 Å². The van der Waals surface area contributed by atoms with Crippen LogP contribution in [0.2, 0.25) is 0 Å². The van der Waals surface area contributed by atoms with Gasteiger partial charge in [0.05, 0.1) is 0 Å². The van der Waals surface area contributed by atoms with Crippen molar-refractivity contribution in [2.45, 2.75) is 0 Å². The molecule has 5 rings (SSSR count). The molecule has 0 unspecified atom stereocenters. The number of rotatable bonds is 4. The Morgan fingerprint density at radius 1 is 0.559 bits per heavy atom. The minimum atomic E-state index is -0.172. The number of amides is 2. The van der Waals surface area contributed by atoms with Gasteiger partial charge < -0.3 is 19.6 Å². The molecule has 11 heteroatoms. The largest absolute Gasteiger partial charge is 0.337 e. The van der Waals surface area contributed by atoms with Gasteiger partial charge in [0.15, 0.2) is 0 Å². The summed E-state index contributed by atoms with van der Waals surface area (Å²) in [4.78, 5) is 55.3. The lowest BCUT2D eigenvalue weighted by Gasteiger charge is -2.35. The molecule has 0 radical (unpaired) electrons. The zero-order valence-electron chi connectivity index (χ0n) is 18.7. The molecule has 34 heavy (non-hydrogen) atoms. The number of hydrogen-bond acceptors (Lipinski definition) is 9. The average molecular weight is 460 g/mol. The molecule has 0 bridgehead atoms. The van der Waals surface area contributed by atoms with Gasteiger partial charge in [0.1, 0.15) is 11.4 Å². The van der Waals surface area contributed by atoms with E-state index in [0.717, 1.165) is 0 Å². The van der Waals surface area contributed by atoms with Crippen molar-refractivity contribution in [3.63, 3.8) is 0 Å². The Labute approximate surface area is 197 Å². The molecule has 3 aromatic rings. The Morgan fingerprint density at radius 3 is 1.32 bits per heavy atom. The molecule has 2 amide bonds. The first-order valence-electron chi connectivity index (χ1n) is 11.3. The molecule has 3 aromatic heterocycles. The summed E-state index contributed by atoms with van der Waals surface area (Å²) < 4.78 is 0. The Bertz CT molecular complexity index is 1040. The molecule has 2 aliphatic rings. The Balaban J connectivity index is 1.19. The van der Waals surface area contributed by atoms with Crippen LogP contribution in [0.4, 0.5) is 11.9 Å². The second-order valence-electron chi connectivity index (χ2n) is 8.06. The quantitative estimate of drug-likeness (QED) is 0.553. The first kappa shape index (κ1) is 21.7. The Hall–Kier alpha value is -4.15. The first-order chi connectivity index (χ1) is 16.7. The van der Waals surface area contributed by atoms with E-state index in [-0.39, 0.29) is 23.2 Å². The predicted molar refractivity (Wildman–Crippen MR) is 125 cm³/mol. The van der Waals surface area contributed by atoms with E-state index in [1.54, 1.807) is 64.9 Å². The summed E-state index contributed by atoms with van der Waals surface area (Å²) in [5.41, 5.74) is 0.568. The van der Waals surface area contributed by atoms with Gasteiger partial charge in [-0.1, -0.05) is 6.07 Å². The third-order valence-corrected chi connectivity index (χ3v) is 5.99. The molecule has 2 aliphatic heterocycles. The van der Waals surface area contributed by atoms with Crippen LogP contribution in [0.3, 0.4) is 0 Å². The average Bonchev–Trinajstić information content (AvgIpc) is 2.93. The molecule has 0 N–H and O–H groups in total. The van der Waals surface area contributed by atoms with Gasteiger partial charge in [-0.2, -0.15) is 0 Å². The summed E-state index contributed by atoms with van der Waals surface area (Å²) in [5.74, 6) is 0.988. The van der Waals surface area contributed by atoms with E-state index in [1.807, 2.05) is 0 Å². The third-order valence-electron chi connectivity index (χ3n) is 5.99. The van der Waals surface area contributed by atoms with Crippen molar-refractivity contribution in [3.05, 3.63) is 66.5 Å². The summed E-state index contributed by atoms with van der Waals surface area (Å²) in [6.07, 6.45) is 6.84. The maximum absolute atomic E-state index is 13.1. The molecular formula is C23H25N9O2. The molecular weight excluding hydrogens is 434 g/mol. The van der Waals surface area contributed by atoms with Crippen LogP contribution in [0.25, 0.3) is 0 Å². The van der Waals surface area contributed by atoms with Gasteiger partial charge in [0.2, 0.25) is 11.9 Å². The maximum atomic E-state index is 13.1. The lowest BCUT2D eigenvalue weighted by atomic mass is 10.2. The number of pyridine rings is 1. The molecule has 5 heterocycles. The highest BCUT2D eigenvalue weighted by molar-refractivity contribution is 5.96. The fraction of sp³-hybridized carbons (Fsp3) is 0.348. The van der Waals surface area contributed by atoms with Crippen LogP contribution in [-0.4, -0.2) is 98.9 Å². The zero-order chi connectivity index (χ0) is 23.3. The van der Waals surface area contributed by atoms with E-state index in [1.165, 1.54) is 0 Å². The highest BCUT2D eigenvalue weighted by Crippen LogP contribution is 2.15. The first-order valence-corrected chi connectivity index (χ1v) is 11.3. The van der Waals surface area contributed by atoms with Crippen LogP contribution in [0.5, 0.6) is 0 Å². The van der Waals surface area contributed by atoms with Gasteiger partial charge in [-0.25, -0.2) is 24.9 Å². The Kier molecular flexibility index (Phi) is 6.23. The monoisotopic (exact) mass is 459 g/mol. The molecule has 0 atom stereocenters. The van der Waals surface area contributed by atoms with Crippen LogP contribution in [0, 0.1) is 0 Å². The summed E-state index contributed by atoms with van der Waals surface area (Å²) in [7, 11) is 0. The fourth-order valence-electron chi connectivity index (χ4n) is 4.13. The third kappa shape index (κ3) is 4.63. The fourth-order valence-corrected chi connectivity index (χ4v) is 4.13. The maximum Gasteiger partial charge on any atom is 0.272 e. The van der Waals surface area contributed by atoms with Gasteiger partial charge in [0.25, 0.3) is 11.8 Å². The summed E-state index contributed by atoms with van der Waals surface area (Å²) in [6, 6.07) is 8.60. The van der Waals surface area contributed by atoms with Gasteiger partial charge in [-0.15, -0.1) is 0 Å². The van der Waals surface area contributed by atoms with E-state index in [9.17, 15) is 9.59 Å².